The van der Waals surface area contributed by atoms with Gasteiger partial charge in [0.25, 0.3) is 0 Å². The molecule has 0 fully saturated rings. The second-order valence-electron chi connectivity index (χ2n) is 9.10. The summed E-state index contributed by atoms with van der Waals surface area (Å²) in [5.41, 5.74) is 8.74. The number of benzene rings is 1. The lowest BCUT2D eigenvalue weighted by atomic mass is 10.0. The van der Waals surface area contributed by atoms with E-state index in [0.29, 0.717) is 18.7 Å². The number of carbonyl (C=O) groups excluding carboxylic acids is 1. The fourth-order valence-corrected chi connectivity index (χ4v) is 4.76. The van der Waals surface area contributed by atoms with Gasteiger partial charge in [0.15, 0.2) is 17.0 Å². The number of nitrogens with zero attached hydrogens (tertiary/aromatic N) is 4. The molecule has 1 aliphatic rings. The second kappa shape index (κ2) is 8.53. The highest BCUT2D eigenvalue weighted by atomic mass is 127. The average molecular weight is 554 g/mol. The topological polar surface area (TPSA) is 98.7 Å². The van der Waals surface area contributed by atoms with Gasteiger partial charge < -0.3 is 15.6 Å². The lowest BCUT2D eigenvalue weighted by molar-refractivity contribution is -0.122. The summed E-state index contributed by atoms with van der Waals surface area (Å²) in [4.78, 5) is 24.4. The number of anilines is 1. The van der Waals surface area contributed by atoms with Crippen LogP contribution in [-0.4, -0.2) is 31.0 Å². The van der Waals surface area contributed by atoms with Crippen LogP contribution in [0, 0.1) is 9.65 Å². The third kappa shape index (κ3) is 4.69. The van der Waals surface area contributed by atoms with Crippen LogP contribution in [0.5, 0.6) is 0 Å². The van der Waals surface area contributed by atoms with E-state index in [1.807, 2.05) is 32.9 Å². The van der Waals surface area contributed by atoms with E-state index in [9.17, 15) is 13.6 Å². The Morgan fingerprint density at radius 3 is 2.78 bits per heavy atom. The quantitative estimate of drug-likeness (QED) is 0.367. The van der Waals surface area contributed by atoms with Gasteiger partial charge in [0.05, 0.1) is 0 Å². The van der Waals surface area contributed by atoms with Crippen molar-refractivity contribution < 1.29 is 13.6 Å². The van der Waals surface area contributed by atoms with Gasteiger partial charge in [0, 0.05) is 28.5 Å². The molecule has 3 aromatic rings. The Morgan fingerprint density at radius 1 is 1.31 bits per heavy atom. The molecule has 0 radical (unpaired) electrons. The number of imidazole rings is 1. The van der Waals surface area contributed by atoms with Crippen molar-refractivity contribution in [3.8, 4) is 0 Å². The molecule has 0 spiro atoms. The van der Waals surface area contributed by atoms with Crippen LogP contribution in [0.4, 0.5) is 14.6 Å². The molecule has 7 nitrogen and oxygen atoms in total. The van der Waals surface area contributed by atoms with Crippen LogP contribution in [-0.2, 0) is 24.2 Å². The predicted octanol–water partition coefficient (Wildman–Crippen LogP) is 4.00. The highest BCUT2D eigenvalue weighted by Gasteiger charge is 2.25. The molecule has 0 bridgehead atoms. The third-order valence-corrected chi connectivity index (χ3v) is 6.42. The molecule has 1 atom stereocenters. The van der Waals surface area contributed by atoms with Gasteiger partial charge in [-0.15, -0.1) is 0 Å². The number of nitrogens with one attached hydrogen (secondary N) is 1. The minimum atomic E-state index is -0.962. The molecule has 32 heavy (non-hydrogen) atoms. The Labute approximate surface area is 198 Å². The molecular formula is C22H25F2IN6O. The van der Waals surface area contributed by atoms with Crippen molar-refractivity contribution in [1.29, 1.82) is 0 Å². The zero-order valence-electron chi connectivity index (χ0n) is 18.2. The van der Waals surface area contributed by atoms with E-state index in [-0.39, 0.29) is 41.4 Å². The number of carbonyl (C=O) groups is 1. The fraction of sp³-hybridized carbons (Fsp3) is 0.455. The van der Waals surface area contributed by atoms with E-state index in [1.165, 1.54) is 0 Å². The first-order valence-electron chi connectivity index (χ1n) is 10.5. The summed E-state index contributed by atoms with van der Waals surface area (Å²) in [6.07, 6.45) is -0.141. The normalized spacial score (nSPS) is 15.9. The maximum atomic E-state index is 14.3. The van der Waals surface area contributed by atoms with Crippen molar-refractivity contribution in [2.75, 3.05) is 5.73 Å². The number of fused-ring (bicyclic) bond motifs is 2. The number of nitrogens with two attached hydrogens (primary N) is 1. The fourth-order valence-electron chi connectivity index (χ4n) is 4.03. The lowest BCUT2D eigenvalue weighted by Gasteiger charge is -2.20. The third-order valence-electron chi connectivity index (χ3n) is 5.41. The minimum absolute atomic E-state index is 0.0564. The van der Waals surface area contributed by atoms with Crippen LogP contribution in [0.15, 0.2) is 12.1 Å². The molecule has 0 saturated carbocycles. The first-order valence-corrected chi connectivity index (χ1v) is 11.5. The molecule has 0 saturated heterocycles. The molecule has 3 N–H and O–H groups in total. The molecule has 2 aromatic heterocycles. The average Bonchev–Trinajstić information content (AvgIpc) is 3.20. The van der Waals surface area contributed by atoms with E-state index in [1.54, 1.807) is 4.57 Å². The van der Waals surface area contributed by atoms with Crippen molar-refractivity contribution in [1.82, 2.24) is 24.8 Å². The number of amides is 1. The highest BCUT2D eigenvalue weighted by Crippen LogP contribution is 2.37. The molecule has 1 unspecified atom stereocenters. The molecule has 170 valence electrons. The van der Waals surface area contributed by atoms with Gasteiger partial charge in [-0.1, -0.05) is 6.07 Å². The number of hydrogen-bond acceptors (Lipinski definition) is 5. The summed E-state index contributed by atoms with van der Waals surface area (Å²) >= 11 is 2.24. The smallest absolute Gasteiger partial charge is 0.312 e. The van der Waals surface area contributed by atoms with Crippen LogP contribution in [0.3, 0.4) is 0 Å². The molecule has 4 rings (SSSR count). The maximum absolute atomic E-state index is 14.3. The van der Waals surface area contributed by atoms with E-state index in [2.05, 4.69) is 42.9 Å². The van der Waals surface area contributed by atoms with Crippen molar-refractivity contribution in [3.63, 3.8) is 0 Å². The number of rotatable bonds is 5. The van der Waals surface area contributed by atoms with Crippen LogP contribution in [0.25, 0.3) is 11.2 Å². The largest absolute Gasteiger partial charge is 0.382 e. The van der Waals surface area contributed by atoms with Crippen molar-refractivity contribution in [2.24, 2.45) is 0 Å². The maximum Gasteiger partial charge on any atom is 0.312 e. The van der Waals surface area contributed by atoms with Gasteiger partial charge in [-0.2, -0.15) is 14.4 Å². The van der Waals surface area contributed by atoms with E-state index in [4.69, 9.17) is 5.73 Å². The summed E-state index contributed by atoms with van der Waals surface area (Å²) < 4.78 is 30.9. The first-order chi connectivity index (χ1) is 15.0. The van der Waals surface area contributed by atoms with Crippen LogP contribution < -0.4 is 11.1 Å². The van der Waals surface area contributed by atoms with Gasteiger partial charge >= 0.3 is 6.08 Å². The molecule has 1 aromatic carbocycles. The van der Waals surface area contributed by atoms with Crippen molar-refractivity contribution in [3.05, 3.63) is 44.3 Å². The van der Waals surface area contributed by atoms with Gasteiger partial charge in [0.1, 0.15) is 12.0 Å². The standard InChI is InChI=1S/C22H25F2IN6O/c1-22(2,3)30-17(32)6-7-31-16(27-18-19(26)28-21(24)29-20(18)31)10-12-8-13-11(9-15(12)25)4-5-14(13)23/h8-9,14H,4-7,10H2,1-3H3,(H,30,32)(H2,26,28,29). The number of alkyl halides is 1. The second-order valence-corrected chi connectivity index (χ2v) is 10.3. The Balaban J connectivity index is 1.71. The zero-order valence-corrected chi connectivity index (χ0v) is 20.3. The predicted molar refractivity (Wildman–Crippen MR) is 126 cm³/mol. The van der Waals surface area contributed by atoms with Crippen molar-refractivity contribution >= 4 is 45.5 Å². The van der Waals surface area contributed by atoms with Crippen LogP contribution in [0.2, 0.25) is 0 Å². The minimum Gasteiger partial charge on any atom is -0.382 e. The summed E-state index contributed by atoms with van der Waals surface area (Å²) in [5, 5.41) is 2.92. The monoisotopic (exact) mass is 554 g/mol. The summed E-state index contributed by atoms with van der Waals surface area (Å²) in [6.45, 7) is 5.96. The number of hydrogen-bond donors (Lipinski definition) is 2. The lowest BCUT2D eigenvalue weighted by Crippen LogP contribution is -2.40. The molecule has 0 aliphatic heterocycles. The molecule has 2 heterocycles. The van der Waals surface area contributed by atoms with E-state index < -0.39 is 12.2 Å². The molecule has 10 heteroatoms. The van der Waals surface area contributed by atoms with Gasteiger partial charge in [-0.05, 0) is 79.0 Å². The Hall–Kier alpha value is -2.37. The van der Waals surface area contributed by atoms with E-state index >= 15 is 0 Å². The first kappa shape index (κ1) is 22.8. The molecule has 1 aliphatic carbocycles. The SMILES string of the molecule is CC(C)(C)NC(=O)CCn1c(Cc2cc3c(cc2I)CCC3F)nc2c(N)nc(F)nc21. The van der Waals surface area contributed by atoms with E-state index in [0.717, 1.165) is 26.7 Å². The summed E-state index contributed by atoms with van der Waals surface area (Å²) in [6, 6.07) is 3.91. The zero-order chi connectivity index (χ0) is 23.2. The molecule has 1 amide bonds. The number of nitrogen functional groups attached to an aromatic ring is 1. The van der Waals surface area contributed by atoms with Crippen LogP contribution >= 0.6 is 22.6 Å². The Kier molecular flexibility index (Phi) is 6.08. The number of aryl methyl sites for hydroxylation is 2. The van der Waals surface area contributed by atoms with Crippen LogP contribution in [0.1, 0.15) is 62.3 Å². The molecular weight excluding hydrogens is 529 g/mol. The van der Waals surface area contributed by atoms with Gasteiger partial charge in [-0.3, -0.25) is 4.79 Å². The number of aromatic nitrogens is 4. The van der Waals surface area contributed by atoms with Crippen molar-refractivity contribution in [2.45, 2.75) is 64.7 Å². The van der Waals surface area contributed by atoms with Gasteiger partial charge in [0.2, 0.25) is 5.91 Å². The number of halogens is 3. The Bertz CT molecular complexity index is 1200. The highest BCUT2D eigenvalue weighted by molar-refractivity contribution is 14.1. The Morgan fingerprint density at radius 2 is 2.06 bits per heavy atom. The van der Waals surface area contributed by atoms with Gasteiger partial charge in [-0.25, -0.2) is 9.37 Å². The summed E-state index contributed by atoms with van der Waals surface area (Å²) in [5.74, 6) is 0.376. The summed E-state index contributed by atoms with van der Waals surface area (Å²) in [7, 11) is 0.